The summed E-state index contributed by atoms with van der Waals surface area (Å²) >= 11 is 1.43. The first kappa shape index (κ1) is 13.3. The van der Waals surface area contributed by atoms with Crippen molar-refractivity contribution >= 4 is 17.7 Å². The van der Waals surface area contributed by atoms with Crippen LogP contribution in [0.25, 0.3) is 0 Å². The molecule has 0 radical (unpaired) electrons. The van der Waals surface area contributed by atoms with Crippen LogP contribution >= 0.6 is 11.8 Å². The fourth-order valence-electron chi connectivity index (χ4n) is 2.38. The summed E-state index contributed by atoms with van der Waals surface area (Å²) in [7, 11) is 0. The normalized spacial score (nSPS) is 15.7. The van der Waals surface area contributed by atoms with Crippen LogP contribution < -0.4 is 11.3 Å². The molecule has 3 rings (SSSR count). The van der Waals surface area contributed by atoms with Crippen LogP contribution in [0.5, 0.6) is 0 Å². The molecular formula is C11H16N8S. The summed E-state index contributed by atoms with van der Waals surface area (Å²) < 4.78 is 1.91. The van der Waals surface area contributed by atoms with Crippen molar-refractivity contribution in [3.05, 3.63) is 11.8 Å². The zero-order valence-electron chi connectivity index (χ0n) is 11.2. The van der Waals surface area contributed by atoms with Crippen molar-refractivity contribution in [2.24, 2.45) is 5.84 Å². The molecule has 2 heterocycles. The Hall–Kier alpha value is -1.74. The number of hydrogen-bond donors (Lipinski definition) is 2. The van der Waals surface area contributed by atoms with Gasteiger partial charge >= 0.3 is 0 Å². The van der Waals surface area contributed by atoms with Crippen molar-refractivity contribution in [3.8, 4) is 0 Å². The number of nitrogens with two attached hydrogens (primary N) is 1. The Labute approximate surface area is 120 Å². The zero-order chi connectivity index (χ0) is 13.9. The van der Waals surface area contributed by atoms with Crippen LogP contribution in [-0.4, -0.2) is 30.2 Å². The van der Waals surface area contributed by atoms with Gasteiger partial charge in [0.15, 0.2) is 0 Å². The van der Waals surface area contributed by atoms with E-state index in [-0.39, 0.29) is 0 Å². The van der Waals surface area contributed by atoms with Crippen LogP contribution in [-0.2, 0) is 0 Å². The number of tetrazole rings is 1. The summed E-state index contributed by atoms with van der Waals surface area (Å²) in [6, 6.07) is 2.29. The van der Waals surface area contributed by atoms with Crippen molar-refractivity contribution in [2.75, 3.05) is 5.43 Å². The molecular weight excluding hydrogens is 276 g/mol. The summed E-state index contributed by atoms with van der Waals surface area (Å²) in [6.07, 6.45) is 4.75. The number of aryl methyl sites for hydroxylation is 1. The predicted molar refractivity (Wildman–Crippen MR) is 74.0 cm³/mol. The number of hydrogen-bond acceptors (Lipinski definition) is 8. The molecule has 1 fully saturated rings. The van der Waals surface area contributed by atoms with E-state index in [0.29, 0.717) is 12.0 Å². The molecule has 2 aromatic rings. The fourth-order valence-corrected chi connectivity index (χ4v) is 3.29. The number of nitrogens with one attached hydrogen (secondary N) is 1. The van der Waals surface area contributed by atoms with Gasteiger partial charge in [0.25, 0.3) is 0 Å². The van der Waals surface area contributed by atoms with E-state index >= 15 is 0 Å². The molecule has 20 heavy (non-hydrogen) atoms. The lowest BCUT2D eigenvalue weighted by atomic mass is 10.3. The minimum Gasteiger partial charge on any atom is -0.292 e. The topological polar surface area (TPSA) is 107 Å². The Morgan fingerprint density at radius 2 is 2.15 bits per heavy atom. The van der Waals surface area contributed by atoms with E-state index in [1.165, 1.54) is 24.6 Å². The van der Waals surface area contributed by atoms with Crippen molar-refractivity contribution in [3.63, 3.8) is 0 Å². The first-order valence-corrected chi connectivity index (χ1v) is 7.36. The monoisotopic (exact) mass is 292 g/mol. The summed E-state index contributed by atoms with van der Waals surface area (Å²) in [6.45, 7) is 1.90. The minimum absolute atomic E-state index is 0.396. The van der Waals surface area contributed by atoms with Gasteiger partial charge in [-0.05, 0) is 48.0 Å². The molecule has 3 N–H and O–H groups in total. The highest BCUT2D eigenvalue weighted by molar-refractivity contribution is 7.99. The third-order valence-corrected chi connectivity index (χ3v) is 4.16. The van der Waals surface area contributed by atoms with Gasteiger partial charge in [0, 0.05) is 5.69 Å². The second-order valence-corrected chi connectivity index (χ2v) is 5.75. The molecule has 9 heteroatoms. The molecule has 2 aromatic heterocycles. The number of nitrogens with zero attached hydrogens (tertiary/aromatic N) is 6. The number of hydrazine groups is 1. The molecule has 0 atom stereocenters. The summed E-state index contributed by atoms with van der Waals surface area (Å²) in [4.78, 5) is 8.46. The number of anilines is 1. The van der Waals surface area contributed by atoms with Gasteiger partial charge < -0.3 is 0 Å². The molecule has 106 valence electrons. The fraction of sp³-hybridized carbons (Fsp3) is 0.545. The smallest absolute Gasteiger partial charge is 0.238 e. The van der Waals surface area contributed by atoms with E-state index < -0.39 is 0 Å². The SMILES string of the molecule is Cc1cc(Sc2nnnn2C2CCCC2)nc(NN)n1. The van der Waals surface area contributed by atoms with Crippen molar-refractivity contribution in [1.82, 2.24) is 30.2 Å². The lowest BCUT2D eigenvalue weighted by Gasteiger charge is -2.10. The molecule has 0 aromatic carbocycles. The molecule has 1 aliphatic rings. The van der Waals surface area contributed by atoms with Gasteiger partial charge in [0.05, 0.1) is 6.04 Å². The van der Waals surface area contributed by atoms with E-state index in [4.69, 9.17) is 5.84 Å². The summed E-state index contributed by atoms with van der Waals surface area (Å²) in [5, 5.41) is 13.5. The van der Waals surface area contributed by atoms with E-state index in [2.05, 4.69) is 30.9 Å². The molecule has 0 spiro atoms. The standard InChI is InChI=1S/C11H16N8S/c1-7-6-9(14-10(13-7)15-12)20-11-16-17-18-19(11)8-4-2-3-5-8/h6,8H,2-5,12H2,1H3,(H,13,14,15). The lowest BCUT2D eigenvalue weighted by molar-refractivity contribution is 0.423. The second kappa shape index (κ2) is 5.71. The van der Waals surface area contributed by atoms with Gasteiger partial charge in [-0.2, -0.15) is 0 Å². The Balaban J connectivity index is 1.84. The molecule has 1 saturated carbocycles. The predicted octanol–water partition coefficient (Wildman–Crippen LogP) is 1.32. The molecule has 0 unspecified atom stereocenters. The molecule has 0 saturated heterocycles. The van der Waals surface area contributed by atoms with E-state index in [1.807, 2.05) is 17.7 Å². The number of nitrogen functional groups attached to an aromatic ring is 1. The van der Waals surface area contributed by atoms with Gasteiger partial charge in [0.2, 0.25) is 11.1 Å². The Morgan fingerprint density at radius 1 is 1.35 bits per heavy atom. The average Bonchev–Trinajstić information content (AvgIpc) is 3.08. The summed E-state index contributed by atoms with van der Waals surface area (Å²) in [5.41, 5.74) is 3.31. The van der Waals surface area contributed by atoms with Crippen molar-refractivity contribution < 1.29 is 0 Å². The molecule has 0 aliphatic heterocycles. The maximum absolute atomic E-state index is 5.36. The highest BCUT2D eigenvalue weighted by atomic mass is 32.2. The minimum atomic E-state index is 0.396. The van der Waals surface area contributed by atoms with Crippen LogP contribution in [0.15, 0.2) is 16.2 Å². The van der Waals surface area contributed by atoms with Crippen LogP contribution in [0.1, 0.15) is 37.4 Å². The number of rotatable bonds is 4. The molecule has 0 bridgehead atoms. The largest absolute Gasteiger partial charge is 0.292 e. The maximum Gasteiger partial charge on any atom is 0.238 e. The van der Waals surface area contributed by atoms with Crippen molar-refractivity contribution in [2.45, 2.75) is 48.8 Å². The zero-order valence-corrected chi connectivity index (χ0v) is 12.0. The Morgan fingerprint density at radius 3 is 2.90 bits per heavy atom. The second-order valence-electron chi connectivity index (χ2n) is 4.76. The van der Waals surface area contributed by atoms with E-state index in [1.54, 1.807) is 0 Å². The lowest BCUT2D eigenvalue weighted by Crippen LogP contribution is -2.11. The van der Waals surface area contributed by atoms with E-state index in [9.17, 15) is 0 Å². The Bertz CT molecular complexity index is 592. The first-order valence-electron chi connectivity index (χ1n) is 6.54. The van der Waals surface area contributed by atoms with Gasteiger partial charge in [0.1, 0.15) is 5.03 Å². The van der Waals surface area contributed by atoms with Gasteiger partial charge in [-0.3, -0.25) is 5.43 Å². The van der Waals surface area contributed by atoms with Crippen LogP contribution in [0.4, 0.5) is 5.95 Å². The van der Waals surface area contributed by atoms with Crippen molar-refractivity contribution in [1.29, 1.82) is 0 Å². The molecule has 8 nitrogen and oxygen atoms in total. The van der Waals surface area contributed by atoms with Gasteiger partial charge in [-0.1, -0.05) is 12.8 Å². The molecule has 1 aliphatic carbocycles. The third kappa shape index (κ3) is 2.73. The van der Waals surface area contributed by atoms with Crippen LogP contribution in [0.2, 0.25) is 0 Å². The highest BCUT2D eigenvalue weighted by Crippen LogP contribution is 2.33. The quantitative estimate of drug-likeness (QED) is 0.493. The highest BCUT2D eigenvalue weighted by Gasteiger charge is 2.22. The van der Waals surface area contributed by atoms with Crippen LogP contribution in [0.3, 0.4) is 0 Å². The number of aromatic nitrogens is 6. The molecule has 0 amide bonds. The van der Waals surface area contributed by atoms with E-state index in [0.717, 1.165) is 28.7 Å². The first-order chi connectivity index (χ1) is 9.76. The maximum atomic E-state index is 5.36. The third-order valence-electron chi connectivity index (χ3n) is 3.29. The van der Waals surface area contributed by atoms with Gasteiger partial charge in [-0.25, -0.2) is 20.5 Å². The van der Waals surface area contributed by atoms with Crippen LogP contribution in [0, 0.1) is 6.92 Å². The summed E-state index contributed by atoms with van der Waals surface area (Å²) in [5.74, 6) is 5.76. The Kier molecular flexibility index (Phi) is 3.79. The average molecular weight is 292 g/mol. The van der Waals surface area contributed by atoms with Gasteiger partial charge in [-0.15, -0.1) is 5.10 Å².